The van der Waals surface area contributed by atoms with Gasteiger partial charge in [0.25, 0.3) is 17.0 Å². The van der Waals surface area contributed by atoms with Crippen molar-refractivity contribution >= 4 is 63.8 Å². The van der Waals surface area contributed by atoms with E-state index in [1.54, 1.807) is 12.1 Å². The van der Waals surface area contributed by atoms with Crippen molar-refractivity contribution in [2.24, 2.45) is 0 Å². The van der Waals surface area contributed by atoms with E-state index in [2.05, 4.69) is 15.3 Å². The molecule has 1 saturated heterocycles. The highest BCUT2D eigenvalue weighted by Gasteiger charge is 2.36. The Hall–Kier alpha value is -3.54. The summed E-state index contributed by atoms with van der Waals surface area (Å²) < 4.78 is 32.5. The zero-order valence-electron chi connectivity index (χ0n) is 17.3. The van der Waals surface area contributed by atoms with Crippen molar-refractivity contribution in [3.8, 4) is 11.6 Å². The summed E-state index contributed by atoms with van der Waals surface area (Å²) in [5.41, 5.74) is 0.682. The van der Waals surface area contributed by atoms with Crippen LogP contribution in [0.1, 0.15) is 5.56 Å². The molecule has 0 radical (unpaired) electrons. The second-order valence-corrected chi connectivity index (χ2v) is 8.65. The Morgan fingerprint density at radius 3 is 2.71 bits per heavy atom. The fourth-order valence-corrected chi connectivity index (χ4v) is 4.03. The number of hydrogen-bond acceptors (Lipinski definition) is 7. The number of anilines is 1. The van der Waals surface area contributed by atoms with Crippen LogP contribution >= 0.6 is 35.0 Å². The van der Waals surface area contributed by atoms with Crippen LogP contribution in [0.15, 0.2) is 53.6 Å². The molecular weight excluding hydrogens is 525 g/mol. The lowest BCUT2D eigenvalue weighted by atomic mass is 10.2. The predicted molar refractivity (Wildman–Crippen MR) is 126 cm³/mol. The maximum absolute atomic E-state index is 13.8. The van der Waals surface area contributed by atoms with Gasteiger partial charge in [-0.1, -0.05) is 23.7 Å². The normalized spacial score (nSPS) is 14.5. The van der Waals surface area contributed by atoms with E-state index in [-0.39, 0.29) is 32.5 Å². The van der Waals surface area contributed by atoms with Crippen LogP contribution in [0, 0.1) is 11.6 Å². The summed E-state index contributed by atoms with van der Waals surface area (Å²) in [5, 5.41) is 1.43. The quantitative estimate of drug-likeness (QED) is 0.326. The Kier molecular flexibility index (Phi) is 7.29. The van der Waals surface area contributed by atoms with Crippen LogP contribution < -0.4 is 10.1 Å². The molecule has 3 aromatic rings. The van der Waals surface area contributed by atoms with Crippen molar-refractivity contribution in [2.75, 3.05) is 11.9 Å². The molecule has 0 atom stereocenters. The third-order valence-corrected chi connectivity index (χ3v) is 5.81. The average Bonchev–Trinajstić information content (AvgIpc) is 3.06. The summed E-state index contributed by atoms with van der Waals surface area (Å²) in [6.07, 6.45) is 2.30. The number of hydrogen-bond donors (Lipinski definition) is 1. The summed E-state index contributed by atoms with van der Waals surface area (Å²) >= 11 is 12.0. The standard InChI is InChI=1S/C22H12Cl2F2N4O4S/c23-14-8-12(4-5-15(14)25)28-18(31)10-30-20(32)17(35-22(30)33)7-11-2-1-3-13(6-11)34-19-16(26)9-27-21(24)29-19/h1-9H,10H2,(H,28,31)/b17-7+. The third-order valence-electron chi connectivity index (χ3n) is 4.43. The minimum absolute atomic E-state index is 0.0704. The number of carbonyl (C=O) groups is 3. The molecule has 0 saturated carbocycles. The van der Waals surface area contributed by atoms with Gasteiger partial charge >= 0.3 is 0 Å². The van der Waals surface area contributed by atoms with Gasteiger partial charge in [-0.05, 0) is 65.3 Å². The molecule has 0 aliphatic carbocycles. The molecule has 4 rings (SSSR count). The van der Waals surface area contributed by atoms with E-state index in [4.69, 9.17) is 27.9 Å². The minimum atomic E-state index is -0.817. The summed E-state index contributed by atoms with van der Waals surface area (Å²) in [6.45, 7) is -0.548. The maximum atomic E-state index is 13.8. The molecule has 1 fully saturated rings. The Morgan fingerprint density at radius 1 is 1.14 bits per heavy atom. The van der Waals surface area contributed by atoms with Crippen molar-refractivity contribution in [2.45, 2.75) is 0 Å². The second-order valence-electron chi connectivity index (χ2n) is 6.91. The van der Waals surface area contributed by atoms with Gasteiger partial charge in [-0.3, -0.25) is 19.3 Å². The van der Waals surface area contributed by atoms with Gasteiger partial charge in [0, 0.05) is 5.69 Å². The number of nitrogens with zero attached hydrogens (tertiary/aromatic N) is 3. The van der Waals surface area contributed by atoms with Gasteiger partial charge in [0.05, 0.1) is 16.1 Å². The first kappa shape index (κ1) is 24.6. The minimum Gasteiger partial charge on any atom is -0.436 e. The van der Waals surface area contributed by atoms with Gasteiger partial charge in [0.2, 0.25) is 17.0 Å². The molecule has 13 heteroatoms. The first-order valence-corrected chi connectivity index (χ1v) is 11.2. The molecule has 2 aromatic carbocycles. The topological polar surface area (TPSA) is 101 Å². The van der Waals surface area contributed by atoms with E-state index in [0.29, 0.717) is 17.3 Å². The van der Waals surface area contributed by atoms with E-state index < -0.39 is 35.2 Å². The Morgan fingerprint density at radius 2 is 1.94 bits per heavy atom. The molecule has 1 aliphatic heterocycles. The second kappa shape index (κ2) is 10.4. The number of rotatable bonds is 6. The SMILES string of the molecule is O=C(CN1C(=O)S/C(=C/c2cccc(Oc3nc(Cl)ncc3F)c2)C1=O)Nc1ccc(F)c(Cl)c1. The van der Waals surface area contributed by atoms with Crippen LogP contribution in [-0.2, 0) is 9.59 Å². The number of aromatic nitrogens is 2. The molecule has 0 unspecified atom stereocenters. The number of halogens is 4. The molecule has 178 valence electrons. The summed E-state index contributed by atoms with van der Waals surface area (Å²) in [5.74, 6) is -2.99. The lowest BCUT2D eigenvalue weighted by molar-refractivity contribution is -0.127. The molecule has 0 spiro atoms. The molecule has 0 bridgehead atoms. The molecule has 1 N–H and O–H groups in total. The Bertz CT molecular complexity index is 1390. The van der Waals surface area contributed by atoms with Gasteiger partial charge in [0.15, 0.2) is 0 Å². The monoisotopic (exact) mass is 536 g/mol. The zero-order chi connectivity index (χ0) is 25.1. The number of benzene rings is 2. The number of carbonyl (C=O) groups excluding carboxylic acids is 3. The van der Waals surface area contributed by atoms with Crippen LogP contribution in [0.5, 0.6) is 11.6 Å². The lowest BCUT2D eigenvalue weighted by Crippen LogP contribution is -2.36. The third kappa shape index (κ3) is 5.94. The van der Waals surface area contributed by atoms with Gasteiger partial charge in [-0.25, -0.2) is 9.37 Å². The van der Waals surface area contributed by atoms with Crippen molar-refractivity contribution in [1.82, 2.24) is 14.9 Å². The van der Waals surface area contributed by atoms with E-state index in [9.17, 15) is 23.2 Å². The molecule has 1 aromatic heterocycles. The first-order chi connectivity index (χ1) is 16.7. The van der Waals surface area contributed by atoms with E-state index in [0.717, 1.165) is 17.2 Å². The van der Waals surface area contributed by atoms with Crippen molar-refractivity contribution in [3.63, 3.8) is 0 Å². The van der Waals surface area contributed by atoms with Crippen molar-refractivity contribution in [1.29, 1.82) is 0 Å². The van der Waals surface area contributed by atoms with Crippen LogP contribution in [0.3, 0.4) is 0 Å². The largest absolute Gasteiger partial charge is 0.436 e. The van der Waals surface area contributed by atoms with Crippen LogP contribution in [0.4, 0.5) is 19.3 Å². The molecule has 1 aliphatic rings. The summed E-state index contributed by atoms with van der Waals surface area (Å²) in [4.78, 5) is 45.4. The van der Waals surface area contributed by atoms with Gasteiger partial charge in [-0.15, -0.1) is 0 Å². The van der Waals surface area contributed by atoms with Gasteiger partial charge < -0.3 is 10.1 Å². The van der Waals surface area contributed by atoms with Crippen LogP contribution in [-0.4, -0.2) is 38.5 Å². The number of nitrogens with one attached hydrogen (secondary N) is 1. The molecule has 2 heterocycles. The molecular formula is C22H12Cl2F2N4O4S. The van der Waals surface area contributed by atoms with Crippen LogP contribution in [0.2, 0.25) is 10.3 Å². The van der Waals surface area contributed by atoms with Crippen LogP contribution in [0.25, 0.3) is 6.08 Å². The highest BCUT2D eigenvalue weighted by atomic mass is 35.5. The van der Waals surface area contributed by atoms with Gasteiger partial charge in [-0.2, -0.15) is 9.37 Å². The number of thioether (sulfide) groups is 1. The summed E-state index contributed by atoms with van der Waals surface area (Å²) in [7, 11) is 0. The maximum Gasteiger partial charge on any atom is 0.294 e. The van der Waals surface area contributed by atoms with Crippen molar-refractivity contribution in [3.05, 3.63) is 81.1 Å². The number of ether oxygens (including phenoxy) is 1. The fourth-order valence-electron chi connectivity index (χ4n) is 2.89. The predicted octanol–water partition coefficient (Wildman–Crippen LogP) is 5.53. The first-order valence-electron chi connectivity index (χ1n) is 9.66. The van der Waals surface area contributed by atoms with Gasteiger partial charge in [0.1, 0.15) is 18.1 Å². The lowest BCUT2D eigenvalue weighted by Gasteiger charge is -2.12. The highest BCUT2D eigenvalue weighted by molar-refractivity contribution is 8.18. The molecule has 35 heavy (non-hydrogen) atoms. The molecule has 8 nitrogen and oxygen atoms in total. The zero-order valence-corrected chi connectivity index (χ0v) is 19.6. The Balaban J connectivity index is 1.45. The molecule has 3 amide bonds. The smallest absolute Gasteiger partial charge is 0.294 e. The Labute approximate surface area is 210 Å². The van der Waals surface area contributed by atoms with E-state index >= 15 is 0 Å². The fraction of sp³-hybridized carbons (Fsp3) is 0.0455. The average molecular weight is 537 g/mol. The number of imide groups is 1. The van der Waals surface area contributed by atoms with Crippen molar-refractivity contribution < 1.29 is 27.9 Å². The van der Waals surface area contributed by atoms with E-state index in [1.807, 2.05) is 0 Å². The highest BCUT2D eigenvalue weighted by Crippen LogP contribution is 2.33. The summed E-state index contributed by atoms with van der Waals surface area (Å²) in [6, 6.07) is 9.83. The van der Waals surface area contributed by atoms with E-state index in [1.165, 1.54) is 30.3 Å². The number of amides is 3.